The van der Waals surface area contributed by atoms with Crippen LogP contribution >= 0.6 is 0 Å². The van der Waals surface area contributed by atoms with Crippen molar-refractivity contribution >= 4 is 11.9 Å². The van der Waals surface area contributed by atoms with Crippen LogP contribution < -0.4 is 0 Å². The summed E-state index contributed by atoms with van der Waals surface area (Å²) < 4.78 is 0. The Morgan fingerprint density at radius 3 is 2.68 bits per heavy atom. The van der Waals surface area contributed by atoms with Crippen molar-refractivity contribution in [3.05, 3.63) is 35.4 Å². The molecule has 1 aliphatic carbocycles. The molecule has 1 aliphatic heterocycles. The smallest absolute Gasteiger partial charge is 0.326 e. The van der Waals surface area contributed by atoms with Gasteiger partial charge in [-0.2, -0.15) is 0 Å². The Balaban J connectivity index is 1.80. The molecular weight excluding hydrogens is 246 g/mol. The molecule has 1 amide bonds. The van der Waals surface area contributed by atoms with Crippen LogP contribution in [0.25, 0.3) is 0 Å². The second kappa shape index (κ2) is 4.35. The summed E-state index contributed by atoms with van der Waals surface area (Å²) in [5, 5.41) is 18.7. The normalized spacial score (nSPS) is 28.7. The number of benzene rings is 1. The number of rotatable bonds is 2. The number of hydrogen-bond acceptors (Lipinski definition) is 3. The maximum Gasteiger partial charge on any atom is 0.326 e. The van der Waals surface area contributed by atoms with E-state index in [-0.39, 0.29) is 24.8 Å². The molecule has 1 heterocycles. The second-order valence-electron chi connectivity index (χ2n) is 5.19. The maximum atomic E-state index is 12.4. The van der Waals surface area contributed by atoms with Crippen molar-refractivity contribution in [2.24, 2.45) is 0 Å². The Bertz CT molecular complexity index is 542. The number of fused-ring (bicyclic) bond motifs is 1. The zero-order valence-electron chi connectivity index (χ0n) is 10.3. The highest BCUT2D eigenvalue weighted by atomic mass is 16.4. The molecule has 1 fully saturated rings. The van der Waals surface area contributed by atoms with Gasteiger partial charge in [-0.25, -0.2) is 4.79 Å². The fourth-order valence-corrected chi connectivity index (χ4v) is 2.97. The van der Waals surface area contributed by atoms with E-state index in [1.807, 2.05) is 24.3 Å². The number of carboxylic acids is 1. The van der Waals surface area contributed by atoms with E-state index in [0.717, 1.165) is 11.1 Å². The van der Waals surface area contributed by atoms with Crippen LogP contribution in [0.1, 0.15) is 23.5 Å². The minimum atomic E-state index is -1.04. The fourth-order valence-electron chi connectivity index (χ4n) is 2.97. The average molecular weight is 261 g/mol. The molecule has 2 N–H and O–H groups in total. The maximum absolute atomic E-state index is 12.4. The monoisotopic (exact) mass is 261 g/mol. The summed E-state index contributed by atoms with van der Waals surface area (Å²) >= 11 is 0. The van der Waals surface area contributed by atoms with E-state index in [1.54, 1.807) is 0 Å². The first-order valence-corrected chi connectivity index (χ1v) is 6.37. The molecule has 1 unspecified atom stereocenters. The topological polar surface area (TPSA) is 77.8 Å². The van der Waals surface area contributed by atoms with E-state index >= 15 is 0 Å². The SMILES string of the molecule is O=C(O)[C@@H]1C[C@H](O)CN1C(=O)C1Cc2ccccc21. The molecule has 0 bridgehead atoms. The fraction of sp³-hybridized carbons (Fsp3) is 0.429. The summed E-state index contributed by atoms with van der Waals surface area (Å²) in [5.41, 5.74) is 2.13. The van der Waals surface area contributed by atoms with Gasteiger partial charge in [-0.3, -0.25) is 4.79 Å². The molecule has 1 saturated heterocycles. The van der Waals surface area contributed by atoms with E-state index in [4.69, 9.17) is 5.11 Å². The van der Waals surface area contributed by atoms with Gasteiger partial charge in [0.1, 0.15) is 6.04 Å². The van der Waals surface area contributed by atoms with Gasteiger partial charge < -0.3 is 15.1 Å². The molecule has 100 valence electrons. The van der Waals surface area contributed by atoms with Crippen LogP contribution in [-0.4, -0.2) is 45.7 Å². The number of β-amino-alcohol motifs (C(OH)–C–C–N with tert-alkyl or cyclic N) is 1. The lowest BCUT2D eigenvalue weighted by atomic mass is 9.77. The molecule has 3 atom stereocenters. The third kappa shape index (κ3) is 1.90. The lowest BCUT2D eigenvalue weighted by molar-refractivity contribution is -0.149. The lowest BCUT2D eigenvalue weighted by Crippen LogP contribution is -2.45. The van der Waals surface area contributed by atoms with E-state index in [2.05, 4.69) is 0 Å². The minimum Gasteiger partial charge on any atom is -0.480 e. The number of carboxylic acid groups (broad SMARTS) is 1. The van der Waals surface area contributed by atoms with Crippen molar-refractivity contribution < 1.29 is 19.8 Å². The highest BCUT2D eigenvalue weighted by Gasteiger charge is 2.43. The van der Waals surface area contributed by atoms with Crippen LogP contribution in [0.5, 0.6) is 0 Å². The van der Waals surface area contributed by atoms with E-state index < -0.39 is 18.1 Å². The van der Waals surface area contributed by atoms with Gasteiger partial charge in [0.2, 0.25) is 5.91 Å². The first-order valence-electron chi connectivity index (χ1n) is 6.37. The van der Waals surface area contributed by atoms with Crippen molar-refractivity contribution in [3.8, 4) is 0 Å². The van der Waals surface area contributed by atoms with Gasteiger partial charge in [0, 0.05) is 13.0 Å². The molecule has 0 aromatic heterocycles. The van der Waals surface area contributed by atoms with Crippen LogP contribution in [0.15, 0.2) is 24.3 Å². The molecule has 5 heteroatoms. The van der Waals surface area contributed by atoms with Crippen LogP contribution in [0.4, 0.5) is 0 Å². The van der Waals surface area contributed by atoms with E-state index in [9.17, 15) is 14.7 Å². The predicted octanol–water partition coefficient (Wildman–Crippen LogP) is 0.373. The van der Waals surface area contributed by atoms with E-state index in [0.29, 0.717) is 6.42 Å². The average Bonchev–Trinajstić information content (AvgIpc) is 2.73. The summed E-state index contributed by atoms with van der Waals surface area (Å²) in [7, 11) is 0. The van der Waals surface area contributed by atoms with Gasteiger partial charge in [-0.1, -0.05) is 24.3 Å². The first kappa shape index (κ1) is 12.2. The molecule has 0 radical (unpaired) electrons. The number of aliphatic hydroxyl groups excluding tert-OH is 1. The predicted molar refractivity (Wildman–Crippen MR) is 66.6 cm³/mol. The van der Waals surface area contributed by atoms with Crippen molar-refractivity contribution in [1.29, 1.82) is 0 Å². The van der Waals surface area contributed by atoms with Crippen LogP contribution in [-0.2, 0) is 16.0 Å². The molecule has 2 aliphatic rings. The number of carbonyl (C=O) groups is 2. The zero-order valence-corrected chi connectivity index (χ0v) is 10.3. The highest BCUT2D eigenvalue weighted by Crippen LogP contribution is 2.37. The van der Waals surface area contributed by atoms with Crippen LogP contribution in [0.3, 0.4) is 0 Å². The van der Waals surface area contributed by atoms with Gasteiger partial charge in [-0.15, -0.1) is 0 Å². The van der Waals surface area contributed by atoms with Crippen molar-refractivity contribution in [1.82, 2.24) is 4.90 Å². The number of aliphatic carboxylic acids is 1. The Morgan fingerprint density at radius 1 is 1.26 bits per heavy atom. The molecule has 0 saturated carbocycles. The Morgan fingerprint density at radius 2 is 2.00 bits per heavy atom. The largest absolute Gasteiger partial charge is 0.480 e. The number of hydrogen-bond donors (Lipinski definition) is 2. The molecule has 1 aromatic carbocycles. The third-order valence-electron chi connectivity index (χ3n) is 4.00. The van der Waals surface area contributed by atoms with E-state index in [1.165, 1.54) is 4.90 Å². The third-order valence-corrected chi connectivity index (χ3v) is 4.00. The molecule has 0 spiro atoms. The number of carbonyl (C=O) groups excluding carboxylic acids is 1. The van der Waals surface area contributed by atoms with Gasteiger partial charge in [-0.05, 0) is 17.5 Å². The standard InChI is InChI=1S/C14H15NO4/c16-9-6-12(14(18)19)15(7-9)13(17)11-5-8-3-1-2-4-10(8)11/h1-4,9,11-12,16H,5-7H2,(H,18,19)/t9-,11?,12-/m0/s1. The quantitative estimate of drug-likeness (QED) is 0.806. The molecule has 5 nitrogen and oxygen atoms in total. The van der Waals surface area contributed by atoms with Crippen LogP contribution in [0.2, 0.25) is 0 Å². The number of nitrogens with zero attached hydrogens (tertiary/aromatic N) is 1. The van der Waals surface area contributed by atoms with Gasteiger partial charge in [0.25, 0.3) is 0 Å². The summed E-state index contributed by atoms with van der Waals surface area (Å²) in [4.78, 5) is 24.8. The van der Waals surface area contributed by atoms with Crippen molar-refractivity contribution in [2.75, 3.05) is 6.54 Å². The minimum absolute atomic E-state index is 0.120. The molecule has 3 rings (SSSR count). The van der Waals surface area contributed by atoms with Gasteiger partial charge in [0.15, 0.2) is 0 Å². The van der Waals surface area contributed by atoms with Gasteiger partial charge in [0.05, 0.1) is 12.0 Å². The molecule has 19 heavy (non-hydrogen) atoms. The highest BCUT2D eigenvalue weighted by molar-refractivity contribution is 5.91. The summed E-state index contributed by atoms with van der Waals surface area (Å²) in [5.74, 6) is -1.47. The first-order chi connectivity index (χ1) is 9.08. The summed E-state index contributed by atoms with van der Waals surface area (Å²) in [6, 6.07) is 6.80. The molecular formula is C14H15NO4. The second-order valence-corrected chi connectivity index (χ2v) is 5.19. The number of aliphatic hydroxyl groups is 1. The zero-order chi connectivity index (χ0) is 13.6. The summed E-state index contributed by atoms with van der Waals surface area (Å²) in [6.07, 6.45) is 0.0454. The molecule has 1 aromatic rings. The summed E-state index contributed by atoms with van der Waals surface area (Å²) in [6.45, 7) is 0.120. The Kier molecular flexibility index (Phi) is 2.78. The van der Waals surface area contributed by atoms with Crippen LogP contribution in [0, 0.1) is 0 Å². The Labute approximate surface area is 110 Å². The number of amides is 1. The van der Waals surface area contributed by atoms with Crippen molar-refractivity contribution in [3.63, 3.8) is 0 Å². The van der Waals surface area contributed by atoms with Gasteiger partial charge >= 0.3 is 5.97 Å². The number of likely N-dealkylation sites (tertiary alicyclic amines) is 1. The lowest BCUT2D eigenvalue weighted by Gasteiger charge is -2.33. The Hall–Kier alpha value is -1.88. The van der Waals surface area contributed by atoms with Crippen molar-refractivity contribution in [2.45, 2.75) is 30.9 Å².